The summed E-state index contributed by atoms with van der Waals surface area (Å²) in [4.78, 5) is 10.6. The molecule has 2 N–H and O–H groups in total. The van der Waals surface area contributed by atoms with E-state index in [1.165, 1.54) is 41.1 Å². The summed E-state index contributed by atoms with van der Waals surface area (Å²) in [6, 6.07) is 11.6. The Labute approximate surface area is 228 Å². The minimum Gasteiger partial charge on any atom is -0.550 e. The molecule has 2 unspecified atom stereocenters. The van der Waals surface area contributed by atoms with Crippen molar-refractivity contribution in [2.75, 3.05) is 0 Å². The fourth-order valence-corrected chi connectivity index (χ4v) is 3.42. The molecule has 2 atom stereocenters. The zero-order chi connectivity index (χ0) is 25.4. The minimum atomic E-state index is -1.41. The number of nitrogens with zero attached hydrogens (tertiary/aromatic N) is 4. The number of carboxylic acids is 1. The van der Waals surface area contributed by atoms with Crippen LogP contribution >= 0.6 is 0 Å². The van der Waals surface area contributed by atoms with E-state index in [1.807, 2.05) is 0 Å². The molecular weight excluding hydrogens is 481 g/mol. The molecule has 0 spiro atoms. The molecule has 11 heteroatoms. The average molecular weight is 504 g/mol. The van der Waals surface area contributed by atoms with Crippen LogP contribution in [0, 0.1) is 11.6 Å². The zero-order valence-corrected chi connectivity index (χ0v) is 21.8. The van der Waals surface area contributed by atoms with E-state index in [1.54, 1.807) is 43.5 Å². The molecule has 182 valence electrons. The second kappa shape index (κ2) is 13.9. The van der Waals surface area contributed by atoms with Crippen molar-refractivity contribution in [1.29, 1.82) is 0 Å². The number of aromatic nitrogens is 4. The summed E-state index contributed by atoms with van der Waals surface area (Å²) < 4.78 is 28.7. The van der Waals surface area contributed by atoms with Crippen molar-refractivity contribution >= 4 is 17.1 Å². The SMILES string of the molecule is Cn1nnnc1C(C=CC=CC(O)CC(O)CC(=O)[O-])=C(c1ccc(F)cc1)c1ccc(F)cc1.[Na+]. The number of halogens is 2. The van der Waals surface area contributed by atoms with Gasteiger partial charge in [0.05, 0.1) is 12.2 Å². The Balaban J connectivity index is 0.00000456. The summed E-state index contributed by atoms with van der Waals surface area (Å²) in [5.41, 5.74) is 2.41. The maximum Gasteiger partial charge on any atom is 1.00 e. The number of hydrogen-bond acceptors (Lipinski definition) is 7. The first kappa shape index (κ1) is 29.2. The predicted octanol–water partition coefficient (Wildman–Crippen LogP) is -1.18. The Morgan fingerprint density at radius 1 is 1.03 bits per heavy atom. The molecule has 0 aliphatic carbocycles. The van der Waals surface area contributed by atoms with Gasteiger partial charge < -0.3 is 20.1 Å². The van der Waals surface area contributed by atoms with Gasteiger partial charge in [0.25, 0.3) is 0 Å². The minimum absolute atomic E-state index is 0. The zero-order valence-electron chi connectivity index (χ0n) is 19.8. The van der Waals surface area contributed by atoms with E-state index in [4.69, 9.17) is 0 Å². The Morgan fingerprint density at radius 2 is 1.58 bits per heavy atom. The Kier molecular flexibility index (Phi) is 11.3. The van der Waals surface area contributed by atoms with Crippen LogP contribution in [-0.2, 0) is 11.8 Å². The van der Waals surface area contributed by atoms with Gasteiger partial charge in [-0.15, -0.1) is 5.10 Å². The molecule has 1 heterocycles. The van der Waals surface area contributed by atoms with Gasteiger partial charge in [-0.1, -0.05) is 48.6 Å². The summed E-state index contributed by atoms with van der Waals surface area (Å²) in [5, 5.41) is 41.9. The van der Waals surface area contributed by atoms with Gasteiger partial charge >= 0.3 is 29.6 Å². The summed E-state index contributed by atoms with van der Waals surface area (Å²) in [6.45, 7) is 0. The number of rotatable bonds is 10. The first-order valence-corrected chi connectivity index (χ1v) is 10.6. The predicted molar refractivity (Wildman–Crippen MR) is 122 cm³/mol. The maximum atomic E-state index is 13.6. The smallest absolute Gasteiger partial charge is 0.550 e. The number of benzene rings is 2. The van der Waals surface area contributed by atoms with Crippen molar-refractivity contribution in [1.82, 2.24) is 20.2 Å². The van der Waals surface area contributed by atoms with Gasteiger partial charge in [0, 0.05) is 31.4 Å². The summed E-state index contributed by atoms with van der Waals surface area (Å²) >= 11 is 0. The topological polar surface area (TPSA) is 124 Å². The van der Waals surface area contributed by atoms with Gasteiger partial charge in [-0.05, 0) is 51.4 Å². The monoisotopic (exact) mass is 504 g/mol. The first-order chi connectivity index (χ1) is 16.7. The molecule has 0 fully saturated rings. The van der Waals surface area contributed by atoms with E-state index >= 15 is 0 Å². The molecule has 3 aromatic rings. The van der Waals surface area contributed by atoms with E-state index in [-0.39, 0.29) is 36.0 Å². The number of carbonyl (C=O) groups excluding carboxylic acids is 1. The molecule has 1 aromatic heterocycles. The van der Waals surface area contributed by atoms with Crippen LogP contribution in [0.15, 0.2) is 72.8 Å². The number of aliphatic hydroxyl groups is 2. The summed E-state index contributed by atoms with van der Waals surface area (Å²) in [6.07, 6.45) is 3.10. The third kappa shape index (κ3) is 8.28. The van der Waals surface area contributed by atoms with E-state index in [0.717, 1.165) is 0 Å². The standard InChI is InChI=1S/C25H24F2N4O4.Na/c1-31-25(28-29-30-31)22(5-3-2-4-20(32)14-21(33)15-23(34)35)24(16-6-10-18(26)11-7-16)17-8-12-19(27)13-9-17;/h2-13,20-21,32-33H,14-15H2,1H3,(H,34,35);/q;+1/p-1. The van der Waals surface area contributed by atoms with Gasteiger partial charge in [0.2, 0.25) is 0 Å². The maximum absolute atomic E-state index is 13.6. The number of carboxylic acid groups (broad SMARTS) is 1. The number of tetrazole rings is 1. The molecule has 0 saturated carbocycles. The van der Waals surface area contributed by atoms with Crippen molar-refractivity contribution < 1.29 is 58.5 Å². The molecule has 8 nitrogen and oxygen atoms in total. The summed E-state index contributed by atoms with van der Waals surface area (Å²) in [5.74, 6) is -1.86. The molecule has 36 heavy (non-hydrogen) atoms. The molecule has 0 bridgehead atoms. The van der Waals surface area contributed by atoms with Crippen molar-refractivity contribution in [2.45, 2.75) is 25.0 Å². The second-order valence-corrected chi connectivity index (χ2v) is 7.71. The number of aliphatic carboxylic acids is 1. The molecule has 0 radical (unpaired) electrons. The fraction of sp³-hybridized carbons (Fsp3) is 0.200. The number of aryl methyl sites for hydroxylation is 1. The molecule has 0 saturated heterocycles. The number of carbonyl (C=O) groups is 1. The third-order valence-corrected chi connectivity index (χ3v) is 5.02. The van der Waals surface area contributed by atoms with Crippen LogP contribution in [0.5, 0.6) is 0 Å². The Hall–Kier alpha value is -3.02. The van der Waals surface area contributed by atoms with Gasteiger partial charge in [-0.3, -0.25) is 0 Å². The number of hydrogen-bond donors (Lipinski definition) is 2. The van der Waals surface area contributed by atoms with Crippen LogP contribution < -0.4 is 34.7 Å². The quantitative estimate of drug-likeness (QED) is 0.263. The van der Waals surface area contributed by atoms with Gasteiger partial charge in [-0.2, -0.15) is 0 Å². The van der Waals surface area contributed by atoms with Gasteiger partial charge in [0.15, 0.2) is 5.82 Å². The largest absolute Gasteiger partial charge is 1.00 e. The normalized spacial score (nSPS) is 12.9. The van der Waals surface area contributed by atoms with Crippen LogP contribution in [0.1, 0.15) is 29.8 Å². The van der Waals surface area contributed by atoms with Gasteiger partial charge in [0.1, 0.15) is 11.6 Å². The van der Waals surface area contributed by atoms with Gasteiger partial charge in [-0.25, -0.2) is 13.5 Å². The van der Waals surface area contributed by atoms with E-state index < -0.39 is 36.2 Å². The Morgan fingerprint density at radius 3 is 2.06 bits per heavy atom. The third-order valence-electron chi connectivity index (χ3n) is 5.02. The fourth-order valence-electron chi connectivity index (χ4n) is 3.42. The van der Waals surface area contributed by atoms with Crippen molar-refractivity contribution in [3.8, 4) is 0 Å². The Bertz CT molecular complexity index is 1190. The van der Waals surface area contributed by atoms with E-state index in [0.29, 0.717) is 28.1 Å². The van der Waals surface area contributed by atoms with E-state index in [2.05, 4.69) is 15.5 Å². The first-order valence-electron chi connectivity index (χ1n) is 10.6. The molecule has 3 rings (SSSR count). The number of aliphatic hydroxyl groups excluding tert-OH is 2. The van der Waals surface area contributed by atoms with Crippen LogP contribution in [0.3, 0.4) is 0 Å². The van der Waals surface area contributed by atoms with Crippen LogP contribution in [0.4, 0.5) is 8.78 Å². The molecule has 0 aliphatic rings. The molecule has 2 aromatic carbocycles. The van der Waals surface area contributed by atoms with Crippen molar-refractivity contribution in [3.05, 3.63) is 101 Å². The van der Waals surface area contributed by atoms with Crippen molar-refractivity contribution in [3.63, 3.8) is 0 Å². The van der Waals surface area contributed by atoms with Crippen molar-refractivity contribution in [2.24, 2.45) is 7.05 Å². The van der Waals surface area contributed by atoms with Crippen LogP contribution in [-0.4, -0.2) is 48.6 Å². The second-order valence-electron chi connectivity index (χ2n) is 7.71. The summed E-state index contributed by atoms with van der Waals surface area (Å²) in [7, 11) is 1.65. The molecule has 0 aliphatic heterocycles. The van der Waals surface area contributed by atoms with E-state index in [9.17, 15) is 28.9 Å². The average Bonchev–Trinajstić information content (AvgIpc) is 3.22. The molecule has 0 amide bonds. The number of allylic oxidation sites excluding steroid dienone is 4. The van der Waals surface area contributed by atoms with Crippen LogP contribution in [0.25, 0.3) is 11.1 Å². The molecular formula is C25H23F2N4NaO4. The van der Waals surface area contributed by atoms with Crippen LogP contribution in [0.2, 0.25) is 0 Å².